The van der Waals surface area contributed by atoms with E-state index in [-0.39, 0.29) is 5.41 Å². The average molecular weight is 671 g/mol. The minimum atomic E-state index is -0.946. The van der Waals surface area contributed by atoms with Gasteiger partial charge in [0.1, 0.15) is 0 Å². The first kappa shape index (κ1) is 46.9. The van der Waals surface area contributed by atoms with Gasteiger partial charge in [-0.05, 0) is 101 Å². The number of allylic oxidation sites excluding steroid dienone is 8. The summed E-state index contributed by atoms with van der Waals surface area (Å²) in [6, 6.07) is 0. The van der Waals surface area contributed by atoms with Gasteiger partial charge in [-0.1, -0.05) is 167 Å². The normalized spacial score (nSPS) is 14.2. The lowest BCUT2D eigenvalue weighted by Crippen LogP contribution is -2.34. The molecular weight excluding hydrogens is 585 g/mol. The Kier molecular flexibility index (Phi) is 33.5. The van der Waals surface area contributed by atoms with Crippen LogP contribution in [-0.2, 0) is 4.74 Å². The molecule has 0 bridgehead atoms. The predicted molar refractivity (Wildman–Crippen MR) is 217 cm³/mol. The van der Waals surface area contributed by atoms with Crippen LogP contribution in [0.15, 0.2) is 48.6 Å². The third-order valence-electron chi connectivity index (χ3n) is 9.65. The van der Waals surface area contributed by atoms with Crippen molar-refractivity contribution in [1.29, 1.82) is 0 Å². The van der Waals surface area contributed by atoms with Gasteiger partial charge < -0.3 is 9.84 Å². The lowest BCUT2D eigenvalue weighted by molar-refractivity contribution is -0.216. The number of hydrogen-bond acceptors (Lipinski definition) is 2. The molecule has 2 heteroatoms. The molecule has 0 spiro atoms. The Hall–Kier alpha value is -1.12. The summed E-state index contributed by atoms with van der Waals surface area (Å²) in [4.78, 5) is 0. The lowest BCUT2D eigenvalue weighted by atomic mass is 9.81. The molecule has 282 valence electrons. The van der Waals surface area contributed by atoms with Crippen molar-refractivity contribution in [1.82, 2.24) is 0 Å². The second-order valence-electron chi connectivity index (χ2n) is 16.0. The zero-order chi connectivity index (χ0) is 35.4. The fraction of sp³-hybridized carbons (Fsp3) is 0.826. The highest BCUT2D eigenvalue weighted by atomic mass is 16.6. The Bertz CT molecular complexity index is 723. The maximum Gasteiger partial charge on any atom is 0.165 e. The minimum absolute atomic E-state index is 0.259. The first-order chi connectivity index (χ1) is 23.2. The summed E-state index contributed by atoms with van der Waals surface area (Å²) in [7, 11) is 0. The van der Waals surface area contributed by atoms with E-state index >= 15 is 0 Å². The molecule has 0 aromatic carbocycles. The van der Waals surface area contributed by atoms with E-state index in [0.717, 1.165) is 44.9 Å². The fourth-order valence-electron chi connectivity index (χ4n) is 6.77. The van der Waals surface area contributed by atoms with Crippen LogP contribution >= 0.6 is 0 Å². The van der Waals surface area contributed by atoms with Crippen molar-refractivity contribution in [2.45, 2.75) is 227 Å². The zero-order valence-electron chi connectivity index (χ0n) is 33.6. The Balaban J connectivity index is 4.23. The topological polar surface area (TPSA) is 29.5 Å². The molecule has 0 amide bonds. The molecule has 1 N–H and O–H groups in total. The summed E-state index contributed by atoms with van der Waals surface area (Å²) in [5, 5.41) is 11.6. The molecule has 0 atom stereocenters. The van der Waals surface area contributed by atoms with E-state index in [2.05, 4.69) is 90.2 Å². The van der Waals surface area contributed by atoms with E-state index < -0.39 is 5.79 Å². The Morgan fingerprint density at radius 2 is 0.833 bits per heavy atom. The molecular formula is C46H86O2. The molecule has 0 saturated carbocycles. The van der Waals surface area contributed by atoms with E-state index in [1.165, 1.54) is 135 Å². The quantitative estimate of drug-likeness (QED) is 0.0408. The molecule has 0 saturated heterocycles. The van der Waals surface area contributed by atoms with Gasteiger partial charge in [-0.3, -0.25) is 0 Å². The van der Waals surface area contributed by atoms with Crippen molar-refractivity contribution in [2.75, 3.05) is 6.61 Å². The molecule has 0 unspecified atom stereocenters. The van der Waals surface area contributed by atoms with E-state index in [4.69, 9.17) is 4.74 Å². The van der Waals surface area contributed by atoms with Crippen LogP contribution in [0.3, 0.4) is 0 Å². The van der Waals surface area contributed by atoms with E-state index in [0.29, 0.717) is 12.5 Å². The largest absolute Gasteiger partial charge is 0.365 e. The molecule has 0 radical (unpaired) electrons. The van der Waals surface area contributed by atoms with Gasteiger partial charge in [0.15, 0.2) is 5.79 Å². The van der Waals surface area contributed by atoms with Crippen LogP contribution in [-0.4, -0.2) is 17.5 Å². The second-order valence-corrected chi connectivity index (χ2v) is 16.0. The molecule has 48 heavy (non-hydrogen) atoms. The maximum atomic E-state index is 11.6. The summed E-state index contributed by atoms with van der Waals surface area (Å²) in [5.74, 6) is -0.256. The number of unbranched alkanes of at least 4 members (excludes halogenated alkanes) is 18. The van der Waals surface area contributed by atoms with Crippen LogP contribution < -0.4 is 0 Å². The number of hydrogen-bond donors (Lipinski definition) is 1. The molecule has 0 aliphatic heterocycles. The van der Waals surface area contributed by atoms with Gasteiger partial charge in [0.05, 0.1) is 6.61 Å². The van der Waals surface area contributed by atoms with Crippen LogP contribution in [0.25, 0.3) is 0 Å². The van der Waals surface area contributed by atoms with Crippen LogP contribution in [0.2, 0.25) is 0 Å². The predicted octanol–water partition coefficient (Wildman–Crippen LogP) is 15.6. The third-order valence-corrected chi connectivity index (χ3v) is 9.65. The molecule has 0 heterocycles. The van der Waals surface area contributed by atoms with Gasteiger partial charge in [0.2, 0.25) is 0 Å². The summed E-state index contributed by atoms with van der Waals surface area (Å²) >= 11 is 0. The van der Waals surface area contributed by atoms with Gasteiger partial charge in [0.25, 0.3) is 0 Å². The van der Waals surface area contributed by atoms with Crippen LogP contribution in [0.5, 0.6) is 0 Å². The standard InChI is InChI=1S/C46H86O2/c1-7-9-11-13-15-17-19-21-23-25-27-29-31-33-35-37-39-46(47,48-42-41-45(5,6)43-44(3)4)40-38-36-34-32-30-28-26-24-22-20-18-16-14-12-10-8-2/h15-18,21-24,44,47H,7-14,19-20,25-43H2,1-6H3. The van der Waals surface area contributed by atoms with Crippen molar-refractivity contribution in [3.63, 3.8) is 0 Å². The van der Waals surface area contributed by atoms with Crippen molar-refractivity contribution in [3.8, 4) is 0 Å². The lowest BCUT2D eigenvalue weighted by Gasteiger charge is -2.32. The zero-order valence-corrected chi connectivity index (χ0v) is 33.6. The van der Waals surface area contributed by atoms with Crippen LogP contribution in [0.4, 0.5) is 0 Å². The molecule has 0 aromatic rings. The second kappa shape index (κ2) is 34.3. The monoisotopic (exact) mass is 671 g/mol. The smallest absolute Gasteiger partial charge is 0.165 e. The van der Waals surface area contributed by atoms with E-state index in [1.54, 1.807) is 0 Å². The number of aliphatic hydroxyl groups is 1. The third kappa shape index (κ3) is 34.7. The van der Waals surface area contributed by atoms with Crippen LogP contribution in [0.1, 0.15) is 221 Å². The molecule has 0 aliphatic carbocycles. The fourth-order valence-corrected chi connectivity index (χ4v) is 6.77. The van der Waals surface area contributed by atoms with Gasteiger partial charge in [-0.15, -0.1) is 0 Å². The van der Waals surface area contributed by atoms with Crippen LogP contribution in [0, 0.1) is 11.3 Å². The molecule has 0 fully saturated rings. The molecule has 0 aromatic heterocycles. The maximum absolute atomic E-state index is 11.6. The Labute approximate surface area is 302 Å². The Morgan fingerprint density at radius 3 is 1.21 bits per heavy atom. The number of ether oxygens (including phenoxy) is 1. The van der Waals surface area contributed by atoms with Crippen molar-refractivity contribution >= 4 is 0 Å². The molecule has 0 aliphatic rings. The molecule has 2 nitrogen and oxygen atoms in total. The summed E-state index contributed by atoms with van der Waals surface area (Å²) in [6.07, 6.45) is 52.4. The van der Waals surface area contributed by atoms with Gasteiger partial charge in [-0.25, -0.2) is 0 Å². The van der Waals surface area contributed by atoms with E-state index in [1.807, 2.05) is 0 Å². The molecule has 0 rings (SSSR count). The van der Waals surface area contributed by atoms with Gasteiger partial charge in [-0.2, -0.15) is 0 Å². The average Bonchev–Trinajstić information content (AvgIpc) is 3.03. The first-order valence-corrected chi connectivity index (χ1v) is 21.2. The highest BCUT2D eigenvalue weighted by Gasteiger charge is 2.28. The van der Waals surface area contributed by atoms with Crippen molar-refractivity contribution in [3.05, 3.63) is 48.6 Å². The van der Waals surface area contributed by atoms with E-state index in [9.17, 15) is 5.11 Å². The summed E-state index contributed by atoms with van der Waals surface area (Å²) < 4.78 is 6.33. The summed E-state index contributed by atoms with van der Waals surface area (Å²) in [5.41, 5.74) is 0.259. The van der Waals surface area contributed by atoms with Gasteiger partial charge >= 0.3 is 0 Å². The Morgan fingerprint density at radius 1 is 0.479 bits per heavy atom. The van der Waals surface area contributed by atoms with Gasteiger partial charge in [0, 0.05) is 12.8 Å². The SMILES string of the molecule is CCCCCC=CCC=CCCCCCCCCC(O)(CCCCCCCCC=CCC=CCCCCC)OCCC(C)(C)CC(C)C. The highest BCUT2D eigenvalue weighted by molar-refractivity contribution is 4.93. The van der Waals surface area contributed by atoms with Crippen molar-refractivity contribution < 1.29 is 9.84 Å². The minimum Gasteiger partial charge on any atom is -0.365 e. The highest BCUT2D eigenvalue weighted by Crippen LogP contribution is 2.31. The first-order valence-electron chi connectivity index (χ1n) is 21.2. The number of rotatable bonds is 36. The summed E-state index contributed by atoms with van der Waals surface area (Å²) in [6.45, 7) is 14.5. The van der Waals surface area contributed by atoms with Crippen molar-refractivity contribution in [2.24, 2.45) is 11.3 Å².